The van der Waals surface area contributed by atoms with Gasteiger partial charge in [0.25, 0.3) is 0 Å². The number of aromatic nitrogens is 2. The molecule has 1 heterocycles. The fraction of sp³-hybridized carbons (Fsp3) is 0. The van der Waals surface area contributed by atoms with E-state index < -0.39 is 0 Å². The first kappa shape index (κ1) is 10.2. The molecule has 0 aliphatic heterocycles. The number of halogens is 3. The maximum atomic E-state index is 5.99. The summed E-state index contributed by atoms with van der Waals surface area (Å²) in [5, 5.41) is 1.46. The maximum absolute atomic E-state index is 5.99. The normalized spacial score (nSPS) is 10.5. The first-order valence-corrected chi connectivity index (χ1v) is 5.48. The Bertz CT molecular complexity index is 469. The van der Waals surface area contributed by atoms with Crippen LogP contribution in [0.1, 0.15) is 0 Å². The summed E-state index contributed by atoms with van der Waals surface area (Å²) in [6, 6.07) is 5.15. The fourth-order valence-electron chi connectivity index (χ4n) is 1.02. The molecule has 2 rings (SSSR count). The molecule has 1 aromatic carbocycles. The quantitative estimate of drug-likeness (QED) is 0.773. The van der Waals surface area contributed by atoms with Crippen LogP contribution < -0.4 is 0 Å². The summed E-state index contributed by atoms with van der Waals surface area (Å²) in [5.41, 5.74) is 1.34. The smallest absolute Gasteiger partial charge is 0.170 e. The molecule has 14 heavy (non-hydrogen) atoms. The average Bonchev–Trinajstić information content (AvgIpc) is 2.52. The molecule has 0 fully saturated rings. The van der Waals surface area contributed by atoms with Gasteiger partial charge in [-0.05, 0) is 18.2 Å². The third kappa shape index (κ3) is 1.86. The van der Waals surface area contributed by atoms with Gasteiger partial charge in [0.05, 0.1) is 16.8 Å². The minimum Gasteiger partial charge on any atom is -0.171 e. The van der Waals surface area contributed by atoms with Gasteiger partial charge < -0.3 is 0 Å². The Hall–Kier alpha value is -0.350. The Kier molecular flexibility index (Phi) is 2.93. The molecular weight excluding hydrogens is 263 g/mol. The van der Waals surface area contributed by atoms with Gasteiger partial charge in [0.15, 0.2) is 5.15 Å². The SMILES string of the molecule is Clc1ccc(-c2nsnc2Cl)c(Cl)c1. The van der Waals surface area contributed by atoms with E-state index in [-0.39, 0.29) is 0 Å². The highest BCUT2D eigenvalue weighted by molar-refractivity contribution is 6.99. The molecule has 0 aliphatic rings. The van der Waals surface area contributed by atoms with Gasteiger partial charge in [0.2, 0.25) is 0 Å². The topological polar surface area (TPSA) is 25.8 Å². The van der Waals surface area contributed by atoms with E-state index in [0.717, 1.165) is 17.3 Å². The van der Waals surface area contributed by atoms with E-state index in [9.17, 15) is 0 Å². The highest BCUT2D eigenvalue weighted by Crippen LogP contribution is 2.33. The molecule has 0 saturated carbocycles. The van der Waals surface area contributed by atoms with Gasteiger partial charge in [-0.1, -0.05) is 34.8 Å². The van der Waals surface area contributed by atoms with Crippen molar-refractivity contribution in [2.75, 3.05) is 0 Å². The number of rotatable bonds is 1. The van der Waals surface area contributed by atoms with Gasteiger partial charge in [0, 0.05) is 10.6 Å². The van der Waals surface area contributed by atoms with Crippen LogP contribution in [0.15, 0.2) is 18.2 Å². The first-order valence-electron chi connectivity index (χ1n) is 3.62. The summed E-state index contributed by atoms with van der Waals surface area (Å²) in [5.74, 6) is 0. The predicted octanol–water partition coefficient (Wildman–Crippen LogP) is 4.17. The average molecular weight is 266 g/mol. The van der Waals surface area contributed by atoms with Crippen molar-refractivity contribution in [3.63, 3.8) is 0 Å². The summed E-state index contributed by atoms with van der Waals surface area (Å²) < 4.78 is 7.91. The Morgan fingerprint density at radius 3 is 2.43 bits per heavy atom. The molecule has 0 spiro atoms. The zero-order valence-corrected chi connectivity index (χ0v) is 9.75. The van der Waals surface area contributed by atoms with Crippen molar-refractivity contribution < 1.29 is 0 Å². The van der Waals surface area contributed by atoms with E-state index in [1.165, 1.54) is 0 Å². The Labute approximate surface area is 99.8 Å². The lowest BCUT2D eigenvalue weighted by Gasteiger charge is -2.00. The zero-order chi connectivity index (χ0) is 10.1. The van der Waals surface area contributed by atoms with Crippen LogP contribution >= 0.6 is 46.5 Å². The van der Waals surface area contributed by atoms with Crippen LogP contribution in [-0.2, 0) is 0 Å². The molecule has 72 valence electrons. The molecule has 0 N–H and O–H groups in total. The molecule has 0 amide bonds. The summed E-state index contributed by atoms with van der Waals surface area (Å²) in [6.07, 6.45) is 0. The van der Waals surface area contributed by atoms with Crippen LogP contribution in [0.4, 0.5) is 0 Å². The molecule has 0 unspecified atom stereocenters. The van der Waals surface area contributed by atoms with Crippen LogP contribution in [0.25, 0.3) is 11.3 Å². The fourth-order valence-corrected chi connectivity index (χ4v) is 2.27. The van der Waals surface area contributed by atoms with Crippen LogP contribution in [0, 0.1) is 0 Å². The summed E-state index contributed by atoms with van der Waals surface area (Å²) in [6.45, 7) is 0. The lowest BCUT2D eigenvalue weighted by Crippen LogP contribution is -1.80. The van der Waals surface area contributed by atoms with Crippen molar-refractivity contribution in [2.24, 2.45) is 0 Å². The predicted molar refractivity (Wildman–Crippen MR) is 60.4 cm³/mol. The molecule has 0 atom stereocenters. The third-order valence-corrected chi connectivity index (χ3v) is 3.07. The molecule has 0 saturated heterocycles. The van der Waals surface area contributed by atoms with Crippen molar-refractivity contribution in [3.8, 4) is 11.3 Å². The van der Waals surface area contributed by atoms with Gasteiger partial charge in [-0.3, -0.25) is 0 Å². The van der Waals surface area contributed by atoms with Crippen molar-refractivity contribution in [3.05, 3.63) is 33.4 Å². The standard InChI is InChI=1S/C8H3Cl3N2S/c9-4-1-2-5(6(10)3-4)7-8(11)13-14-12-7/h1-3H. The van der Waals surface area contributed by atoms with Crippen LogP contribution in [-0.4, -0.2) is 8.75 Å². The van der Waals surface area contributed by atoms with E-state index in [4.69, 9.17) is 34.8 Å². The second kappa shape index (κ2) is 4.03. The molecular formula is C8H3Cl3N2S. The first-order chi connectivity index (χ1) is 6.68. The number of nitrogens with zero attached hydrogens (tertiary/aromatic N) is 2. The van der Waals surface area contributed by atoms with Gasteiger partial charge >= 0.3 is 0 Å². The second-order valence-corrected chi connectivity index (χ2v) is 4.26. The van der Waals surface area contributed by atoms with Crippen LogP contribution in [0.5, 0.6) is 0 Å². The van der Waals surface area contributed by atoms with Gasteiger partial charge in [-0.2, -0.15) is 8.75 Å². The monoisotopic (exact) mass is 264 g/mol. The number of benzene rings is 1. The van der Waals surface area contributed by atoms with E-state index in [0.29, 0.717) is 20.9 Å². The van der Waals surface area contributed by atoms with Crippen molar-refractivity contribution >= 4 is 46.5 Å². The van der Waals surface area contributed by atoms with Crippen molar-refractivity contribution in [1.82, 2.24) is 8.75 Å². The van der Waals surface area contributed by atoms with Gasteiger partial charge in [-0.25, -0.2) is 0 Å². The molecule has 0 aliphatic carbocycles. The lowest BCUT2D eigenvalue weighted by molar-refractivity contribution is 1.49. The van der Waals surface area contributed by atoms with E-state index in [1.807, 2.05) is 0 Å². The van der Waals surface area contributed by atoms with Crippen LogP contribution in [0.2, 0.25) is 15.2 Å². The van der Waals surface area contributed by atoms with Crippen molar-refractivity contribution in [2.45, 2.75) is 0 Å². The van der Waals surface area contributed by atoms with Crippen LogP contribution in [0.3, 0.4) is 0 Å². The minimum absolute atomic E-state index is 0.360. The van der Waals surface area contributed by atoms with E-state index in [1.54, 1.807) is 18.2 Å². The number of hydrogen-bond acceptors (Lipinski definition) is 3. The Morgan fingerprint density at radius 2 is 1.86 bits per heavy atom. The maximum Gasteiger partial charge on any atom is 0.170 e. The highest BCUT2D eigenvalue weighted by atomic mass is 35.5. The Balaban J connectivity index is 2.58. The van der Waals surface area contributed by atoms with Crippen molar-refractivity contribution in [1.29, 1.82) is 0 Å². The summed E-state index contributed by atoms with van der Waals surface area (Å²) in [4.78, 5) is 0. The summed E-state index contributed by atoms with van der Waals surface area (Å²) in [7, 11) is 0. The molecule has 6 heteroatoms. The highest BCUT2D eigenvalue weighted by Gasteiger charge is 2.11. The zero-order valence-electron chi connectivity index (χ0n) is 6.67. The Morgan fingerprint density at radius 1 is 1.07 bits per heavy atom. The largest absolute Gasteiger partial charge is 0.171 e. The second-order valence-electron chi connectivity index (χ2n) is 2.53. The molecule has 1 aromatic heterocycles. The number of hydrogen-bond donors (Lipinski definition) is 0. The third-order valence-electron chi connectivity index (χ3n) is 1.63. The van der Waals surface area contributed by atoms with Gasteiger partial charge in [0.1, 0.15) is 5.69 Å². The summed E-state index contributed by atoms with van der Waals surface area (Å²) >= 11 is 18.6. The molecule has 0 bridgehead atoms. The van der Waals surface area contributed by atoms with Gasteiger partial charge in [-0.15, -0.1) is 0 Å². The molecule has 0 radical (unpaired) electrons. The molecule has 2 aromatic rings. The minimum atomic E-state index is 0.360. The van der Waals surface area contributed by atoms with E-state index in [2.05, 4.69) is 8.75 Å². The lowest BCUT2D eigenvalue weighted by atomic mass is 10.2. The van der Waals surface area contributed by atoms with E-state index >= 15 is 0 Å². The molecule has 2 nitrogen and oxygen atoms in total.